The number of oxazole rings is 1. The fraction of sp³-hybridized carbons (Fsp3) is 0.435. The Morgan fingerprint density at radius 1 is 1.10 bits per heavy atom. The van der Waals surface area contributed by atoms with Crippen LogP contribution in [0.1, 0.15) is 38.0 Å². The van der Waals surface area contributed by atoms with Crippen LogP contribution in [0.5, 0.6) is 5.75 Å². The van der Waals surface area contributed by atoms with Crippen LogP contribution in [0.25, 0.3) is 22.6 Å². The molecular formula is C23H27N5O2. The molecule has 4 heterocycles. The highest BCUT2D eigenvalue weighted by Crippen LogP contribution is 2.34. The van der Waals surface area contributed by atoms with Crippen molar-refractivity contribution >= 4 is 5.82 Å². The summed E-state index contributed by atoms with van der Waals surface area (Å²) in [5, 5.41) is 23.1. The van der Waals surface area contributed by atoms with Crippen LogP contribution >= 0.6 is 0 Å². The van der Waals surface area contributed by atoms with E-state index in [0.717, 1.165) is 24.2 Å². The number of aromatic nitrogens is 3. The molecule has 2 unspecified atom stereocenters. The molecule has 156 valence electrons. The molecule has 2 aliphatic rings. The van der Waals surface area contributed by atoms with Gasteiger partial charge in [0.1, 0.15) is 5.75 Å². The van der Waals surface area contributed by atoms with Gasteiger partial charge in [0.2, 0.25) is 0 Å². The van der Waals surface area contributed by atoms with Gasteiger partial charge >= 0.3 is 0 Å². The number of nitrogens with zero attached hydrogens (tertiary/aromatic N) is 4. The van der Waals surface area contributed by atoms with Crippen molar-refractivity contribution in [2.75, 3.05) is 11.9 Å². The van der Waals surface area contributed by atoms with Gasteiger partial charge < -0.3 is 19.7 Å². The summed E-state index contributed by atoms with van der Waals surface area (Å²) in [5.41, 5.74) is 2.07. The molecule has 0 radical (unpaired) electrons. The molecule has 2 aromatic heterocycles. The summed E-state index contributed by atoms with van der Waals surface area (Å²) in [6.45, 7) is 1.79. The Morgan fingerprint density at radius 2 is 1.90 bits per heavy atom. The van der Waals surface area contributed by atoms with Gasteiger partial charge in [-0.1, -0.05) is 12.5 Å². The minimum Gasteiger partial charge on any atom is -0.507 e. The number of hydrogen-bond donors (Lipinski definition) is 2. The highest BCUT2D eigenvalue weighted by atomic mass is 16.4. The average molecular weight is 406 g/mol. The zero-order valence-corrected chi connectivity index (χ0v) is 17.4. The number of hydrogen-bond acceptors (Lipinski definition) is 7. The van der Waals surface area contributed by atoms with Crippen LogP contribution in [-0.4, -0.2) is 45.5 Å². The van der Waals surface area contributed by atoms with Crippen molar-refractivity contribution in [3.05, 3.63) is 42.4 Å². The Kier molecular flexibility index (Phi) is 4.90. The summed E-state index contributed by atoms with van der Waals surface area (Å²) < 4.78 is 5.54. The average Bonchev–Trinajstić information content (AvgIpc) is 3.19. The van der Waals surface area contributed by atoms with E-state index in [0.29, 0.717) is 41.0 Å². The van der Waals surface area contributed by atoms with Gasteiger partial charge in [-0.3, -0.25) is 0 Å². The van der Waals surface area contributed by atoms with Gasteiger partial charge in [0.05, 0.1) is 11.9 Å². The van der Waals surface area contributed by atoms with Crippen LogP contribution in [-0.2, 0) is 0 Å². The lowest BCUT2D eigenvalue weighted by atomic mass is 9.83. The Morgan fingerprint density at radius 3 is 2.53 bits per heavy atom. The van der Waals surface area contributed by atoms with E-state index in [4.69, 9.17) is 4.42 Å². The van der Waals surface area contributed by atoms with Crippen LogP contribution < -0.4 is 10.2 Å². The first kappa shape index (κ1) is 19.1. The van der Waals surface area contributed by atoms with E-state index in [2.05, 4.69) is 32.4 Å². The lowest BCUT2D eigenvalue weighted by Gasteiger charge is -2.43. The number of aromatic hydroxyl groups is 1. The van der Waals surface area contributed by atoms with Crippen molar-refractivity contribution in [3.63, 3.8) is 0 Å². The maximum atomic E-state index is 10.5. The molecule has 2 N–H and O–H groups in total. The van der Waals surface area contributed by atoms with Crippen LogP contribution in [0, 0.1) is 6.92 Å². The van der Waals surface area contributed by atoms with E-state index in [1.54, 1.807) is 19.2 Å². The van der Waals surface area contributed by atoms with Crippen LogP contribution in [0.3, 0.4) is 0 Å². The van der Waals surface area contributed by atoms with E-state index in [9.17, 15) is 5.11 Å². The lowest BCUT2D eigenvalue weighted by Crippen LogP contribution is -2.54. The fourth-order valence-corrected chi connectivity index (χ4v) is 4.79. The minimum atomic E-state index is 0.142. The van der Waals surface area contributed by atoms with Crippen molar-refractivity contribution in [1.82, 2.24) is 20.5 Å². The molecule has 7 heteroatoms. The topological polar surface area (TPSA) is 87.3 Å². The number of rotatable bonds is 4. The summed E-state index contributed by atoms with van der Waals surface area (Å²) in [5.74, 6) is 2.24. The third kappa shape index (κ3) is 3.65. The normalized spacial score (nSPS) is 23.3. The molecular weight excluding hydrogens is 378 g/mol. The van der Waals surface area contributed by atoms with Crippen molar-refractivity contribution in [1.29, 1.82) is 0 Å². The standard InChI is InChI=1S/C23H27N5O2/c1-14-24-13-22(30-14)15-6-7-19(21(29)10-15)20-8-9-23(27-26-20)28(2)18-11-16-4-3-5-17(12-18)25-16/h6-10,13,16-18,25,29H,3-5,11-12H2,1-2H3. The van der Waals surface area contributed by atoms with Gasteiger partial charge in [-0.05, 0) is 49.9 Å². The molecule has 2 aliphatic heterocycles. The third-order valence-corrected chi connectivity index (χ3v) is 6.43. The molecule has 0 saturated carbocycles. The summed E-state index contributed by atoms with van der Waals surface area (Å²) in [6, 6.07) is 11.1. The van der Waals surface area contributed by atoms with Crippen LogP contribution in [0.4, 0.5) is 5.82 Å². The molecule has 2 atom stereocenters. The van der Waals surface area contributed by atoms with Crippen molar-refractivity contribution in [2.45, 2.75) is 57.2 Å². The van der Waals surface area contributed by atoms with Gasteiger partial charge in [-0.25, -0.2) is 4.98 Å². The molecule has 0 amide bonds. The molecule has 0 aliphatic carbocycles. The maximum absolute atomic E-state index is 10.5. The molecule has 0 spiro atoms. The zero-order valence-electron chi connectivity index (χ0n) is 17.4. The Balaban J connectivity index is 1.33. The predicted molar refractivity (Wildman–Crippen MR) is 115 cm³/mol. The van der Waals surface area contributed by atoms with E-state index < -0.39 is 0 Å². The molecule has 1 aromatic carbocycles. The molecule has 5 rings (SSSR count). The number of aryl methyl sites for hydroxylation is 1. The number of nitrogens with one attached hydrogen (secondary N) is 1. The monoisotopic (exact) mass is 405 g/mol. The van der Waals surface area contributed by atoms with E-state index in [1.807, 2.05) is 24.3 Å². The smallest absolute Gasteiger partial charge is 0.191 e. The van der Waals surface area contributed by atoms with Gasteiger partial charge in [-0.15, -0.1) is 10.2 Å². The quantitative estimate of drug-likeness (QED) is 0.680. The predicted octanol–water partition coefficient (Wildman–Crippen LogP) is 3.92. The number of fused-ring (bicyclic) bond motifs is 2. The van der Waals surface area contributed by atoms with Gasteiger partial charge in [0.15, 0.2) is 17.5 Å². The van der Waals surface area contributed by atoms with Gasteiger partial charge in [0.25, 0.3) is 0 Å². The van der Waals surface area contributed by atoms with Crippen LogP contribution in [0.2, 0.25) is 0 Å². The number of benzene rings is 1. The first-order chi connectivity index (χ1) is 14.6. The number of piperidine rings is 2. The summed E-state index contributed by atoms with van der Waals surface area (Å²) in [6.07, 6.45) is 7.84. The largest absolute Gasteiger partial charge is 0.507 e. The maximum Gasteiger partial charge on any atom is 0.191 e. The molecule has 7 nitrogen and oxygen atoms in total. The Bertz CT molecular complexity index is 1020. The molecule has 2 bridgehead atoms. The first-order valence-electron chi connectivity index (χ1n) is 10.7. The highest BCUT2D eigenvalue weighted by molar-refractivity contribution is 5.72. The number of anilines is 1. The van der Waals surface area contributed by atoms with Crippen molar-refractivity contribution < 1.29 is 9.52 Å². The van der Waals surface area contributed by atoms with Crippen LogP contribution in [0.15, 0.2) is 40.9 Å². The Labute approximate surface area is 176 Å². The van der Waals surface area contributed by atoms with E-state index in [1.165, 1.54) is 19.3 Å². The molecule has 3 aromatic rings. The minimum absolute atomic E-state index is 0.142. The first-order valence-corrected chi connectivity index (χ1v) is 10.7. The SMILES string of the molecule is Cc1ncc(-c2ccc(-c3ccc(N(C)C4CC5CCCC(C4)N5)nn3)c(O)c2)o1. The van der Waals surface area contributed by atoms with E-state index in [-0.39, 0.29) is 5.75 Å². The van der Waals surface area contributed by atoms with E-state index >= 15 is 0 Å². The second-order valence-electron chi connectivity index (χ2n) is 8.48. The summed E-state index contributed by atoms with van der Waals surface area (Å²) >= 11 is 0. The second kappa shape index (κ2) is 7.72. The lowest BCUT2D eigenvalue weighted by molar-refractivity contribution is 0.219. The van der Waals surface area contributed by atoms with Crippen molar-refractivity contribution in [2.24, 2.45) is 0 Å². The summed E-state index contributed by atoms with van der Waals surface area (Å²) in [4.78, 5) is 6.37. The van der Waals surface area contributed by atoms with Crippen molar-refractivity contribution in [3.8, 4) is 28.3 Å². The van der Waals surface area contributed by atoms with Gasteiger partial charge in [0, 0.05) is 43.2 Å². The fourth-order valence-electron chi connectivity index (χ4n) is 4.79. The summed E-state index contributed by atoms with van der Waals surface area (Å²) in [7, 11) is 2.11. The third-order valence-electron chi connectivity index (χ3n) is 6.43. The number of phenols is 1. The van der Waals surface area contributed by atoms with Gasteiger partial charge in [-0.2, -0.15) is 0 Å². The molecule has 2 fully saturated rings. The molecule has 2 saturated heterocycles. The second-order valence-corrected chi connectivity index (χ2v) is 8.48. The number of phenolic OH excluding ortho intramolecular Hbond substituents is 1. The molecule has 30 heavy (non-hydrogen) atoms. The Hall–Kier alpha value is -2.93. The zero-order chi connectivity index (χ0) is 20.7. The highest BCUT2D eigenvalue weighted by Gasteiger charge is 2.33.